The van der Waals surface area contributed by atoms with Crippen LogP contribution in [0.2, 0.25) is 0 Å². The van der Waals surface area contributed by atoms with Crippen molar-refractivity contribution in [2.45, 2.75) is 0 Å². The van der Waals surface area contributed by atoms with Gasteiger partial charge in [-0.25, -0.2) is 4.98 Å². The number of aryl methyl sites for hydroxylation is 2. The normalized spacial score (nSPS) is 10.3. The van der Waals surface area contributed by atoms with Crippen LogP contribution < -0.4 is 67.7 Å². The predicted octanol–water partition coefficient (Wildman–Crippen LogP) is -2.45. The zero-order valence-corrected chi connectivity index (χ0v) is 23.9. The Morgan fingerprint density at radius 1 is 0.639 bits per heavy atom. The minimum absolute atomic E-state index is 0. The molecule has 0 saturated carbocycles. The lowest BCUT2D eigenvalue weighted by Gasteiger charge is -2.08. The summed E-state index contributed by atoms with van der Waals surface area (Å²) in [4.78, 5) is 30.0. The third-order valence-corrected chi connectivity index (χ3v) is 5.65. The topological polar surface area (TPSA) is 78.9 Å². The first-order valence-electron chi connectivity index (χ1n) is 10.8. The molecule has 3 aromatic heterocycles. The first-order chi connectivity index (χ1) is 16.5. The zero-order valence-electron chi connectivity index (χ0n) is 19.6. The molecule has 2 amide bonds. The van der Waals surface area contributed by atoms with Crippen LogP contribution in [0.5, 0.6) is 0 Å². The van der Waals surface area contributed by atoms with Crippen LogP contribution in [0.15, 0.2) is 91.3 Å². The number of rotatable bonds is 4. The number of benzene rings is 2. The highest BCUT2D eigenvalue weighted by molar-refractivity contribution is 6.06. The van der Waals surface area contributed by atoms with E-state index >= 15 is 0 Å². The van der Waals surface area contributed by atoms with E-state index in [1.807, 2.05) is 96.3 Å². The molecular formula is C27H23I2N5O2. The molecule has 5 rings (SSSR count). The number of nitrogens with zero attached hydrogens (tertiary/aromatic N) is 3. The molecule has 2 aromatic carbocycles. The minimum atomic E-state index is -0.387. The van der Waals surface area contributed by atoms with Crippen molar-refractivity contribution < 1.29 is 66.7 Å². The number of fused-ring (bicyclic) bond motifs is 2. The van der Waals surface area contributed by atoms with Gasteiger partial charge in [0.1, 0.15) is 36.9 Å². The maximum absolute atomic E-state index is 12.9. The molecule has 7 nitrogen and oxygen atoms in total. The van der Waals surface area contributed by atoms with Gasteiger partial charge in [-0.05, 0) is 36.4 Å². The molecule has 0 spiro atoms. The maximum Gasteiger partial charge on any atom is 0.274 e. The summed E-state index contributed by atoms with van der Waals surface area (Å²) in [5.41, 5.74) is 3.72. The number of anilines is 2. The van der Waals surface area contributed by atoms with Gasteiger partial charge in [-0.15, -0.1) is 0 Å². The monoisotopic (exact) mass is 703 g/mol. The molecule has 9 heteroatoms. The number of aromatic nitrogens is 3. The number of hydrogen-bond acceptors (Lipinski definition) is 3. The highest BCUT2D eigenvalue weighted by Crippen LogP contribution is 2.17. The highest BCUT2D eigenvalue weighted by Gasteiger charge is 2.16. The van der Waals surface area contributed by atoms with Crippen molar-refractivity contribution in [1.82, 2.24) is 4.98 Å². The van der Waals surface area contributed by atoms with Gasteiger partial charge in [0.2, 0.25) is 11.0 Å². The van der Waals surface area contributed by atoms with Crippen LogP contribution in [0.4, 0.5) is 11.4 Å². The average molecular weight is 703 g/mol. The summed E-state index contributed by atoms with van der Waals surface area (Å²) in [6, 6.07) is 24.5. The third-order valence-electron chi connectivity index (χ3n) is 5.65. The van der Waals surface area contributed by atoms with Crippen LogP contribution in [0.1, 0.15) is 21.0 Å². The number of amides is 2. The second kappa shape index (κ2) is 11.7. The number of halogens is 2. The van der Waals surface area contributed by atoms with Gasteiger partial charge in [0.05, 0.1) is 0 Å². The van der Waals surface area contributed by atoms with E-state index in [4.69, 9.17) is 0 Å². The lowest BCUT2D eigenvalue weighted by atomic mass is 10.2. The van der Waals surface area contributed by atoms with Crippen LogP contribution in [0.25, 0.3) is 21.8 Å². The Kier molecular flexibility index (Phi) is 8.90. The standard InChI is InChI=1S/C27H21N5O2.2HI/c1-31-16-20(14-18-8-3-5-12-24(18)31)28-26(33)22-10-7-11-23(30-22)27(34)29-21-15-19-9-4-6-13-25(19)32(2)17-21;;/h3-17H,1-2H3;2*1H. The van der Waals surface area contributed by atoms with Crippen LogP contribution in [-0.2, 0) is 14.1 Å². The van der Waals surface area contributed by atoms with Gasteiger partial charge in [0, 0.05) is 22.9 Å². The molecule has 0 unspecified atom stereocenters. The summed E-state index contributed by atoms with van der Waals surface area (Å²) >= 11 is 0. The van der Waals surface area contributed by atoms with Crippen LogP contribution in [0, 0.1) is 0 Å². The van der Waals surface area contributed by atoms with Crippen molar-refractivity contribution in [3.63, 3.8) is 0 Å². The number of para-hydroxylation sites is 2. The van der Waals surface area contributed by atoms with Crippen molar-refractivity contribution in [2.24, 2.45) is 14.1 Å². The number of hydrogen-bond donors (Lipinski definition) is 2. The predicted molar refractivity (Wildman–Crippen MR) is 130 cm³/mol. The van der Waals surface area contributed by atoms with Gasteiger partial charge < -0.3 is 58.6 Å². The second-order valence-electron chi connectivity index (χ2n) is 8.11. The molecule has 0 atom stereocenters. The fourth-order valence-electron chi connectivity index (χ4n) is 4.04. The number of nitrogens with one attached hydrogen (secondary N) is 2. The lowest BCUT2D eigenvalue weighted by molar-refractivity contribution is -0.644. The van der Waals surface area contributed by atoms with Crippen molar-refractivity contribution >= 4 is 45.0 Å². The molecule has 2 N–H and O–H groups in total. The van der Waals surface area contributed by atoms with E-state index in [1.165, 1.54) is 0 Å². The molecule has 0 aliphatic carbocycles. The Bertz CT molecular complexity index is 1480. The minimum Gasteiger partial charge on any atom is -1.00 e. The molecule has 36 heavy (non-hydrogen) atoms. The van der Waals surface area contributed by atoms with Gasteiger partial charge in [0.15, 0.2) is 12.4 Å². The van der Waals surface area contributed by atoms with Crippen molar-refractivity contribution in [3.8, 4) is 0 Å². The van der Waals surface area contributed by atoms with E-state index in [-0.39, 0.29) is 71.2 Å². The smallest absolute Gasteiger partial charge is 0.274 e. The van der Waals surface area contributed by atoms with E-state index in [0.717, 1.165) is 21.8 Å². The Morgan fingerprint density at radius 3 is 1.50 bits per heavy atom. The summed E-state index contributed by atoms with van der Waals surface area (Å²) in [6.07, 6.45) is 3.69. The van der Waals surface area contributed by atoms with Gasteiger partial charge in [-0.2, -0.15) is 9.13 Å². The van der Waals surface area contributed by atoms with Crippen LogP contribution in [0.3, 0.4) is 0 Å². The molecule has 5 aromatic rings. The Hall–Kier alpha value is -3.19. The fraction of sp³-hybridized carbons (Fsp3) is 0.0741. The van der Waals surface area contributed by atoms with Gasteiger partial charge >= 0.3 is 0 Å². The molecule has 0 fully saturated rings. The van der Waals surface area contributed by atoms with Gasteiger partial charge in [-0.3, -0.25) is 9.59 Å². The third kappa shape index (κ3) is 5.78. The number of pyridine rings is 3. The van der Waals surface area contributed by atoms with Crippen molar-refractivity contribution in [1.29, 1.82) is 0 Å². The maximum atomic E-state index is 12.9. The fourth-order valence-corrected chi connectivity index (χ4v) is 4.04. The molecule has 0 bridgehead atoms. The zero-order chi connectivity index (χ0) is 23.7. The summed E-state index contributed by atoms with van der Waals surface area (Å²) in [5, 5.41) is 7.77. The van der Waals surface area contributed by atoms with Gasteiger partial charge in [-0.1, -0.05) is 30.3 Å². The number of carbonyl (C=O) groups excluding carboxylic acids is 2. The Balaban J connectivity index is 0.00000180. The molecule has 0 aliphatic heterocycles. The summed E-state index contributed by atoms with van der Waals surface area (Å²) in [6.45, 7) is 0. The lowest BCUT2D eigenvalue weighted by Crippen LogP contribution is -3.00. The largest absolute Gasteiger partial charge is 1.00 e. The van der Waals surface area contributed by atoms with Crippen LogP contribution in [-0.4, -0.2) is 16.8 Å². The second-order valence-corrected chi connectivity index (χ2v) is 8.11. The Morgan fingerprint density at radius 2 is 1.06 bits per heavy atom. The van der Waals surface area contributed by atoms with E-state index in [2.05, 4.69) is 15.6 Å². The van der Waals surface area contributed by atoms with E-state index in [9.17, 15) is 9.59 Å². The first kappa shape index (κ1) is 27.4. The van der Waals surface area contributed by atoms with Gasteiger partial charge in [0.25, 0.3) is 11.8 Å². The SMILES string of the molecule is C[n+]1cc(NC(=O)c2cccc(C(=O)Nc3cc4ccccc4[n+](C)c3)n2)cc2ccccc21.[I-].[I-]. The van der Waals surface area contributed by atoms with Crippen molar-refractivity contribution in [2.75, 3.05) is 10.6 Å². The highest BCUT2D eigenvalue weighted by atomic mass is 127. The molecule has 3 heterocycles. The Labute approximate surface area is 242 Å². The molecular weight excluding hydrogens is 680 g/mol. The van der Waals surface area contributed by atoms with Crippen LogP contribution >= 0.6 is 0 Å². The van der Waals surface area contributed by atoms with Crippen molar-refractivity contribution in [3.05, 3.63) is 103 Å². The van der Waals surface area contributed by atoms with E-state index < -0.39 is 0 Å². The summed E-state index contributed by atoms with van der Waals surface area (Å²) in [7, 11) is 3.85. The van der Waals surface area contributed by atoms with E-state index in [0.29, 0.717) is 11.4 Å². The molecule has 182 valence electrons. The first-order valence-corrected chi connectivity index (χ1v) is 10.8. The quantitative estimate of drug-likeness (QED) is 0.161. The molecule has 0 aliphatic rings. The number of carbonyl (C=O) groups is 2. The summed E-state index contributed by atoms with van der Waals surface area (Å²) in [5.74, 6) is -0.774. The molecule has 0 radical (unpaired) electrons. The molecule has 0 saturated heterocycles. The average Bonchev–Trinajstić information content (AvgIpc) is 2.84. The summed E-state index contributed by atoms with van der Waals surface area (Å²) < 4.78 is 3.90. The van der Waals surface area contributed by atoms with E-state index in [1.54, 1.807) is 18.2 Å².